The first-order valence-electron chi connectivity index (χ1n) is 23.0. The second-order valence-corrected chi connectivity index (χ2v) is 16.1. The molecule has 2 atom stereocenters. The molecule has 0 aliphatic rings. The molecule has 5 nitrogen and oxygen atoms in total. The standard InChI is InChI=1S/C46H90O5/c1-4-6-7-8-9-10-11-12-13-14-15-16-17-21-24-27-30-33-36-39-45(48)50-41-44(47)42-51-46(49)40-37-34-31-28-25-22-19-18-20-23-26-29-32-35-38-43(3)5-2/h43-44,47H,4-42H2,1-3H3/t43?,44-/m0/s1. The van der Waals surface area contributed by atoms with Gasteiger partial charge >= 0.3 is 11.9 Å². The summed E-state index contributed by atoms with van der Waals surface area (Å²) in [6.45, 7) is 6.74. The first-order chi connectivity index (χ1) is 25.0. The molecule has 1 unspecified atom stereocenters. The van der Waals surface area contributed by atoms with Crippen LogP contribution in [0.5, 0.6) is 0 Å². The third-order valence-electron chi connectivity index (χ3n) is 10.9. The summed E-state index contributed by atoms with van der Waals surface area (Å²) in [7, 11) is 0. The number of ether oxygens (including phenoxy) is 2. The molecule has 0 heterocycles. The van der Waals surface area contributed by atoms with Crippen molar-refractivity contribution in [2.24, 2.45) is 5.92 Å². The van der Waals surface area contributed by atoms with Crippen molar-refractivity contribution in [2.75, 3.05) is 13.2 Å². The molecule has 1 N–H and O–H groups in total. The van der Waals surface area contributed by atoms with Crippen molar-refractivity contribution in [2.45, 2.75) is 264 Å². The third-order valence-corrected chi connectivity index (χ3v) is 10.9. The summed E-state index contributed by atoms with van der Waals surface area (Å²) in [5.41, 5.74) is 0. The summed E-state index contributed by atoms with van der Waals surface area (Å²) >= 11 is 0. The highest BCUT2D eigenvalue weighted by Gasteiger charge is 2.12. The van der Waals surface area contributed by atoms with Gasteiger partial charge in [0.05, 0.1) is 0 Å². The topological polar surface area (TPSA) is 72.8 Å². The lowest BCUT2D eigenvalue weighted by Crippen LogP contribution is -2.25. The molecule has 0 saturated heterocycles. The van der Waals surface area contributed by atoms with Crippen LogP contribution >= 0.6 is 0 Å². The van der Waals surface area contributed by atoms with Crippen molar-refractivity contribution in [1.82, 2.24) is 0 Å². The van der Waals surface area contributed by atoms with Gasteiger partial charge < -0.3 is 14.6 Å². The van der Waals surface area contributed by atoms with Crippen molar-refractivity contribution in [3.8, 4) is 0 Å². The summed E-state index contributed by atoms with van der Waals surface area (Å²) < 4.78 is 10.4. The molecule has 0 aromatic carbocycles. The molecule has 0 aliphatic heterocycles. The Morgan fingerprint density at radius 1 is 0.412 bits per heavy atom. The summed E-state index contributed by atoms with van der Waals surface area (Å²) in [4.78, 5) is 24.0. The zero-order valence-electron chi connectivity index (χ0n) is 34.8. The van der Waals surface area contributed by atoms with E-state index >= 15 is 0 Å². The van der Waals surface area contributed by atoms with E-state index in [4.69, 9.17) is 9.47 Å². The van der Waals surface area contributed by atoms with Gasteiger partial charge in [-0.1, -0.05) is 233 Å². The van der Waals surface area contributed by atoms with Crippen molar-refractivity contribution in [1.29, 1.82) is 0 Å². The van der Waals surface area contributed by atoms with Crippen LogP contribution in [0.3, 0.4) is 0 Å². The molecule has 0 bridgehead atoms. The number of carbonyl (C=O) groups is 2. The lowest BCUT2D eigenvalue weighted by Gasteiger charge is -2.12. The largest absolute Gasteiger partial charge is 0.463 e. The van der Waals surface area contributed by atoms with E-state index in [1.54, 1.807) is 0 Å². The Morgan fingerprint density at radius 2 is 0.667 bits per heavy atom. The SMILES string of the molecule is CCCCCCCCCCCCCCCCCCCCCC(=O)OC[C@H](O)COC(=O)CCCCCCCCCCCCCCCCC(C)CC. The van der Waals surface area contributed by atoms with Gasteiger partial charge in [-0.05, 0) is 18.8 Å². The molecule has 0 aliphatic carbocycles. The summed E-state index contributed by atoms with van der Waals surface area (Å²) in [6, 6.07) is 0. The van der Waals surface area contributed by atoms with Crippen LogP contribution in [0.2, 0.25) is 0 Å². The van der Waals surface area contributed by atoms with E-state index in [1.807, 2.05) is 0 Å². The van der Waals surface area contributed by atoms with Gasteiger partial charge in [-0.2, -0.15) is 0 Å². The summed E-state index contributed by atoms with van der Waals surface area (Å²) in [6.07, 6.45) is 45.9. The number of carbonyl (C=O) groups excluding carboxylic acids is 2. The van der Waals surface area contributed by atoms with Gasteiger partial charge in [0.15, 0.2) is 0 Å². The van der Waals surface area contributed by atoms with Crippen LogP contribution < -0.4 is 0 Å². The number of esters is 2. The maximum absolute atomic E-state index is 12.0. The average molecular weight is 723 g/mol. The number of rotatable bonds is 42. The molecule has 51 heavy (non-hydrogen) atoms. The molecular weight excluding hydrogens is 633 g/mol. The van der Waals surface area contributed by atoms with Crippen molar-refractivity contribution >= 4 is 11.9 Å². The third kappa shape index (κ3) is 41.5. The highest BCUT2D eigenvalue weighted by Crippen LogP contribution is 2.17. The Hall–Kier alpha value is -1.10. The smallest absolute Gasteiger partial charge is 0.305 e. The number of aliphatic hydroxyl groups excluding tert-OH is 1. The number of unbranched alkanes of at least 4 members (excludes halogenated alkanes) is 31. The fraction of sp³-hybridized carbons (Fsp3) is 0.957. The van der Waals surface area contributed by atoms with Gasteiger partial charge in [0.2, 0.25) is 0 Å². The van der Waals surface area contributed by atoms with E-state index in [2.05, 4.69) is 20.8 Å². The zero-order valence-corrected chi connectivity index (χ0v) is 34.8. The van der Waals surface area contributed by atoms with Gasteiger partial charge in [-0.3, -0.25) is 9.59 Å². The van der Waals surface area contributed by atoms with Crippen LogP contribution in [0.1, 0.15) is 258 Å². The second-order valence-electron chi connectivity index (χ2n) is 16.1. The summed E-state index contributed by atoms with van der Waals surface area (Å²) in [5.74, 6) is 0.357. The predicted octanol–water partition coefficient (Wildman–Crippen LogP) is 14.5. The second kappa shape index (κ2) is 41.7. The quantitative estimate of drug-likeness (QED) is 0.0501. The molecule has 0 spiro atoms. The lowest BCUT2D eigenvalue weighted by atomic mass is 9.99. The van der Waals surface area contributed by atoms with Crippen molar-refractivity contribution < 1.29 is 24.2 Å². The van der Waals surface area contributed by atoms with E-state index < -0.39 is 6.10 Å². The fourth-order valence-corrected chi connectivity index (χ4v) is 7.01. The monoisotopic (exact) mass is 723 g/mol. The summed E-state index contributed by atoms with van der Waals surface area (Å²) in [5, 5.41) is 10.1. The molecule has 5 heteroatoms. The first kappa shape index (κ1) is 49.9. The highest BCUT2D eigenvalue weighted by atomic mass is 16.6. The number of hydrogen-bond acceptors (Lipinski definition) is 5. The van der Waals surface area contributed by atoms with E-state index in [0.29, 0.717) is 12.8 Å². The normalized spacial score (nSPS) is 12.6. The molecule has 0 amide bonds. The van der Waals surface area contributed by atoms with E-state index in [1.165, 1.54) is 199 Å². The zero-order chi connectivity index (χ0) is 37.3. The molecule has 0 fully saturated rings. The van der Waals surface area contributed by atoms with Crippen molar-refractivity contribution in [3.05, 3.63) is 0 Å². The van der Waals surface area contributed by atoms with Crippen LogP contribution in [-0.4, -0.2) is 36.4 Å². The van der Waals surface area contributed by atoms with Gasteiger partial charge in [0.1, 0.15) is 19.3 Å². The Morgan fingerprint density at radius 3 is 0.941 bits per heavy atom. The molecular formula is C46H90O5. The fourth-order valence-electron chi connectivity index (χ4n) is 7.01. The minimum atomic E-state index is -0.956. The van der Waals surface area contributed by atoms with Gasteiger partial charge in [-0.15, -0.1) is 0 Å². The molecule has 0 rings (SSSR count). The van der Waals surface area contributed by atoms with Gasteiger partial charge in [-0.25, -0.2) is 0 Å². The number of aliphatic hydroxyl groups is 1. The Balaban J connectivity index is 3.36. The number of hydrogen-bond donors (Lipinski definition) is 1. The molecule has 0 aromatic heterocycles. The van der Waals surface area contributed by atoms with Crippen LogP contribution in [0.25, 0.3) is 0 Å². The Kier molecular flexibility index (Phi) is 40.8. The average Bonchev–Trinajstić information content (AvgIpc) is 3.13. The highest BCUT2D eigenvalue weighted by molar-refractivity contribution is 5.69. The van der Waals surface area contributed by atoms with Crippen LogP contribution in [0.4, 0.5) is 0 Å². The van der Waals surface area contributed by atoms with E-state index in [0.717, 1.165) is 31.6 Å². The van der Waals surface area contributed by atoms with Crippen LogP contribution in [0, 0.1) is 5.92 Å². The molecule has 0 radical (unpaired) electrons. The predicted molar refractivity (Wildman–Crippen MR) is 219 cm³/mol. The first-order valence-corrected chi connectivity index (χ1v) is 23.0. The van der Waals surface area contributed by atoms with E-state index in [9.17, 15) is 14.7 Å². The molecule has 0 saturated carbocycles. The van der Waals surface area contributed by atoms with Crippen LogP contribution in [-0.2, 0) is 19.1 Å². The minimum Gasteiger partial charge on any atom is -0.463 e. The molecule has 0 aromatic rings. The Bertz CT molecular complexity index is 710. The van der Waals surface area contributed by atoms with Crippen LogP contribution in [0.15, 0.2) is 0 Å². The van der Waals surface area contributed by atoms with E-state index in [-0.39, 0.29) is 25.2 Å². The maximum atomic E-state index is 12.0. The molecule has 304 valence electrons. The van der Waals surface area contributed by atoms with Gasteiger partial charge in [0, 0.05) is 12.8 Å². The van der Waals surface area contributed by atoms with Crippen molar-refractivity contribution in [3.63, 3.8) is 0 Å². The van der Waals surface area contributed by atoms with Gasteiger partial charge in [0.25, 0.3) is 0 Å². The Labute approximate surface area is 319 Å². The minimum absolute atomic E-state index is 0.107. The lowest BCUT2D eigenvalue weighted by molar-refractivity contribution is -0.152. The maximum Gasteiger partial charge on any atom is 0.305 e.